The van der Waals surface area contributed by atoms with Crippen molar-refractivity contribution in [3.63, 3.8) is 0 Å². The number of ether oxygens (including phenoxy) is 1. The van der Waals surface area contributed by atoms with Gasteiger partial charge in [-0.25, -0.2) is 4.99 Å². The molecule has 1 aliphatic rings. The fourth-order valence-electron chi connectivity index (χ4n) is 3.05. The molecule has 2 rings (SSSR count). The zero-order valence-corrected chi connectivity index (χ0v) is 15.0. The van der Waals surface area contributed by atoms with E-state index < -0.39 is 23.5 Å². The Morgan fingerprint density at radius 2 is 1.52 bits per heavy atom. The van der Waals surface area contributed by atoms with Crippen molar-refractivity contribution in [2.75, 3.05) is 25.1 Å². The molecule has 0 atom stereocenters. The molecule has 10 heteroatoms. The van der Waals surface area contributed by atoms with E-state index in [2.05, 4.69) is 4.99 Å². The van der Waals surface area contributed by atoms with E-state index in [-0.39, 0.29) is 30.0 Å². The average Bonchev–Trinajstić information content (AvgIpc) is 3.11. The lowest BCUT2D eigenvalue weighted by molar-refractivity contribution is -0.376. The van der Waals surface area contributed by atoms with E-state index in [9.17, 15) is 31.4 Å². The Hall–Kier alpha value is -1.97. The standard InChI is InChI=1S/C17H20F6N2O2/c1-4-10-8-12(15(26,16(18,19)20)17(21,22)23)9-11(5-2)13(10)25(3)14-24-6-7-27-14/h8-9,26H,4-7H2,1-3H3. The van der Waals surface area contributed by atoms with Gasteiger partial charge < -0.3 is 9.84 Å². The van der Waals surface area contributed by atoms with Crippen molar-refractivity contribution in [3.05, 3.63) is 28.8 Å². The second-order valence-electron chi connectivity index (χ2n) is 6.13. The van der Waals surface area contributed by atoms with Crippen LogP contribution in [0.1, 0.15) is 30.5 Å². The molecule has 0 spiro atoms. The molecule has 1 N–H and O–H groups in total. The van der Waals surface area contributed by atoms with E-state index in [4.69, 9.17) is 4.74 Å². The summed E-state index contributed by atoms with van der Waals surface area (Å²) in [6.45, 7) is 3.98. The zero-order chi connectivity index (χ0) is 20.6. The van der Waals surface area contributed by atoms with E-state index in [1.54, 1.807) is 20.9 Å². The summed E-state index contributed by atoms with van der Waals surface area (Å²) in [5.74, 6) is 0. The first-order valence-electron chi connectivity index (χ1n) is 8.31. The molecule has 152 valence electrons. The Labute approximate surface area is 152 Å². The van der Waals surface area contributed by atoms with Gasteiger partial charge in [-0.3, -0.25) is 4.90 Å². The fourth-order valence-corrected chi connectivity index (χ4v) is 3.05. The van der Waals surface area contributed by atoms with Gasteiger partial charge in [-0.2, -0.15) is 26.3 Å². The minimum absolute atomic E-state index is 0.152. The molecular formula is C17H20F6N2O2. The molecule has 1 heterocycles. The van der Waals surface area contributed by atoms with Gasteiger partial charge in [-0.1, -0.05) is 26.0 Å². The van der Waals surface area contributed by atoms with Crippen LogP contribution in [0.2, 0.25) is 0 Å². The number of amidine groups is 1. The van der Waals surface area contributed by atoms with Gasteiger partial charge in [0.2, 0.25) is 0 Å². The molecule has 0 aromatic heterocycles. The number of aryl methyl sites for hydroxylation is 2. The summed E-state index contributed by atoms with van der Waals surface area (Å²) in [6.07, 6.45) is -11.5. The first kappa shape index (κ1) is 21.3. The van der Waals surface area contributed by atoms with E-state index in [1.165, 1.54) is 4.90 Å². The molecule has 0 bridgehead atoms. The summed E-state index contributed by atoms with van der Waals surface area (Å²) < 4.78 is 84.8. The molecule has 0 aliphatic carbocycles. The highest BCUT2D eigenvalue weighted by Crippen LogP contribution is 2.51. The number of hydrogen-bond donors (Lipinski definition) is 1. The van der Waals surface area contributed by atoms with Crippen molar-refractivity contribution in [2.45, 2.75) is 44.6 Å². The van der Waals surface area contributed by atoms with Crippen LogP contribution in [0.3, 0.4) is 0 Å². The quantitative estimate of drug-likeness (QED) is 0.782. The van der Waals surface area contributed by atoms with E-state index in [0.29, 0.717) is 18.8 Å². The maximum atomic E-state index is 13.2. The Bertz CT molecular complexity index is 688. The zero-order valence-electron chi connectivity index (χ0n) is 15.0. The molecule has 1 aromatic rings. The Morgan fingerprint density at radius 1 is 1.04 bits per heavy atom. The molecule has 1 aliphatic heterocycles. The summed E-state index contributed by atoms with van der Waals surface area (Å²) in [5.41, 5.74) is -5.33. The van der Waals surface area contributed by atoms with Gasteiger partial charge in [-0.05, 0) is 24.0 Å². The number of benzene rings is 1. The van der Waals surface area contributed by atoms with Crippen LogP contribution in [0.25, 0.3) is 0 Å². The van der Waals surface area contributed by atoms with Crippen LogP contribution in [0, 0.1) is 0 Å². The number of aliphatic hydroxyl groups is 1. The molecule has 1 aromatic carbocycles. The average molecular weight is 398 g/mol. The second kappa shape index (κ2) is 7.21. The number of anilines is 1. The van der Waals surface area contributed by atoms with Crippen LogP contribution in [0.5, 0.6) is 0 Å². The second-order valence-corrected chi connectivity index (χ2v) is 6.13. The lowest BCUT2D eigenvalue weighted by Crippen LogP contribution is -2.54. The third-order valence-electron chi connectivity index (χ3n) is 4.46. The molecule has 0 saturated carbocycles. The minimum Gasteiger partial charge on any atom is -0.463 e. The van der Waals surface area contributed by atoms with Crippen LogP contribution >= 0.6 is 0 Å². The van der Waals surface area contributed by atoms with Gasteiger partial charge in [0.05, 0.1) is 12.2 Å². The maximum Gasteiger partial charge on any atom is 0.430 e. The summed E-state index contributed by atoms with van der Waals surface area (Å²) in [5, 5.41) is 9.72. The van der Waals surface area contributed by atoms with Gasteiger partial charge in [-0.15, -0.1) is 0 Å². The van der Waals surface area contributed by atoms with Crippen LogP contribution in [0.4, 0.5) is 32.0 Å². The largest absolute Gasteiger partial charge is 0.463 e. The molecule has 0 fully saturated rings. The Balaban J connectivity index is 2.71. The molecule has 0 unspecified atom stereocenters. The van der Waals surface area contributed by atoms with Crippen LogP contribution in [-0.2, 0) is 23.2 Å². The normalized spacial score (nSPS) is 15.6. The number of nitrogens with zero attached hydrogens (tertiary/aromatic N) is 2. The first-order chi connectivity index (χ1) is 12.4. The van der Waals surface area contributed by atoms with Crippen LogP contribution < -0.4 is 4.90 Å². The van der Waals surface area contributed by atoms with Crippen molar-refractivity contribution in [3.8, 4) is 0 Å². The summed E-state index contributed by atoms with van der Waals surface area (Å²) >= 11 is 0. The van der Waals surface area contributed by atoms with E-state index in [1.807, 2.05) is 0 Å². The fraction of sp³-hybridized carbons (Fsp3) is 0.588. The van der Waals surface area contributed by atoms with Crippen molar-refractivity contribution in [2.24, 2.45) is 4.99 Å². The molecular weight excluding hydrogens is 378 g/mol. The smallest absolute Gasteiger partial charge is 0.430 e. The third-order valence-corrected chi connectivity index (χ3v) is 4.46. The Kier molecular flexibility index (Phi) is 5.70. The highest BCUT2D eigenvalue weighted by molar-refractivity contribution is 5.93. The molecule has 0 amide bonds. The van der Waals surface area contributed by atoms with Crippen molar-refractivity contribution in [1.82, 2.24) is 0 Å². The number of aliphatic imine (C=N–C) groups is 1. The molecule has 0 radical (unpaired) electrons. The van der Waals surface area contributed by atoms with Gasteiger partial charge in [0, 0.05) is 12.6 Å². The SMILES string of the molecule is CCc1cc(C(O)(C(F)(F)F)C(F)(F)F)cc(CC)c1N(C)C1=NCCO1. The molecule has 0 saturated heterocycles. The number of halogens is 6. The highest BCUT2D eigenvalue weighted by atomic mass is 19.4. The summed E-state index contributed by atoms with van der Waals surface area (Å²) in [7, 11) is 1.58. The third kappa shape index (κ3) is 3.59. The van der Waals surface area contributed by atoms with Gasteiger partial charge in [0.15, 0.2) is 0 Å². The number of rotatable bonds is 4. The number of alkyl halides is 6. The summed E-state index contributed by atoms with van der Waals surface area (Å²) in [6, 6.07) is 1.75. The monoisotopic (exact) mass is 398 g/mol. The summed E-state index contributed by atoms with van der Waals surface area (Å²) in [4.78, 5) is 5.63. The van der Waals surface area contributed by atoms with Gasteiger partial charge in [0.25, 0.3) is 11.6 Å². The van der Waals surface area contributed by atoms with Crippen LogP contribution in [0.15, 0.2) is 17.1 Å². The van der Waals surface area contributed by atoms with Crippen LogP contribution in [-0.4, -0.2) is 43.7 Å². The number of hydrogen-bond acceptors (Lipinski definition) is 4. The van der Waals surface area contributed by atoms with Crippen molar-refractivity contribution < 1.29 is 36.2 Å². The topological polar surface area (TPSA) is 45.1 Å². The predicted molar refractivity (Wildman–Crippen MR) is 87.9 cm³/mol. The van der Waals surface area contributed by atoms with E-state index >= 15 is 0 Å². The Morgan fingerprint density at radius 3 is 1.85 bits per heavy atom. The first-order valence-corrected chi connectivity index (χ1v) is 8.31. The van der Waals surface area contributed by atoms with Crippen molar-refractivity contribution >= 4 is 11.7 Å². The maximum absolute atomic E-state index is 13.2. The van der Waals surface area contributed by atoms with Gasteiger partial charge in [0.1, 0.15) is 6.61 Å². The van der Waals surface area contributed by atoms with Gasteiger partial charge >= 0.3 is 12.4 Å². The lowest BCUT2D eigenvalue weighted by atomic mass is 9.87. The lowest BCUT2D eigenvalue weighted by Gasteiger charge is -2.34. The van der Waals surface area contributed by atoms with E-state index in [0.717, 1.165) is 12.1 Å². The predicted octanol–water partition coefficient (Wildman–Crippen LogP) is 3.95. The highest BCUT2D eigenvalue weighted by Gasteiger charge is 2.71. The van der Waals surface area contributed by atoms with Crippen molar-refractivity contribution in [1.29, 1.82) is 0 Å². The molecule has 27 heavy (non-hydrogen) atoms. The minimum atomic E-state index is -5.92. The molecule has 4 nitrogen and oxygen atoms in total.